The fraction of sp³-hybridized carbons (Fsp3) is 0.400. The van der Waals surface area contributed by atoms with Gasteiger partial charge in [0.1, 0.15) is 17.5 Å². The first-order chi connectivity index (χ1) is 12.7. The zero-order valence-corrected chi connectivity index (χ0v) is 15.1. The Morgan fingerprint density at radius 2 is 1.96 bits per heavy atom. The predicted octanol–water partition coefficient (Wildman–Crippen LogP) is 3.13. The molecule has 2 unspecified atom stereocenters. The summed E-state index contributed by atoms with van der Waals surface area (Å²) in [7, 11) is 3.23. The number of carbonyl (C=O) groups is 1. The van der Waals surface area contributed by atoms with Crippen LogP contribution in [0.3, 0.4) is 0 Å². The Labute approximate surface area is 153 Å². The highest BCUT2D eigenvalue weighted by Gasteiger charge is 2.36. The molecule has 6 heteroatoms. The lowest BCUT2D eigenvalue weighted by Gasteiger charge is -2.40. The zero-order chi connectivity index (χ0) is 18.5. The van der Waals surface area contributed by atoms with Gasteiger partial charge in [0.25, 0.3) is 0 Å². The van der Waals surface area contributed by atoms with E-state index in [0.29, 0.717) is 17.9 Å². The van der Waals surface area contributed by atoms with Gasteiger partial charge in [0.05, 0.1) is 20.3 Å². The first kappa shape index (κ1) is 18.2. The van der Waals surface area contributed by atoms with Crippen molar-refractivity contribution in [3.63, 3.8) is 0 Å². The molecule has 1 aliphatic heterocycles. The second-order valence-corrected chi connectivity index (χ2v) is 6.38. The van der Waals surface area contributed by atoms with Crippen molar-refractivity contribution in [1.29, 1.82) is 0 Å². The van der Waals surface area contributed by atoms with E-state index in [4.69, 9.17) is 9.47 Å². The number of pyridine rings is 1. The lowest BCUT2D eigenvalue weighted by atomic mass is 9.91. The molecule has 26 heavy (non-hydrogen) atoms. The summed E-state index contributed by atoms with van der Waals surface area (Å²) in [5.74, 6) is 0.601. The second-order valence-electron chi connectivity index (χ2n) is 6.38. The Morgan fingerprint density at radius 3 is 2.62 bits per heavy atom. The van der Waals surface area contributed by atoms with Gasteiger partial charge in [-0.25, -0.2) is 0 Å². The lowest BCUT2D eigenvalue weighted by molar-refractivity contribution is -0.145. The van der Waals surface area contributed by atoms with Crippen LogP contribution in [0.2, 0.25) is 0 Å². The average Bonchev–Trinajstić information content (AvgIpc) is 2.69. The molecule has 1 N–H and O–H groups in total. The second kappa shape index (κ2) is 8.19. The number of hydrogen-bond donors (Lipinski definition) is 1. The summed E-state index contributed by atoms with van der Waals surface area (Å²) in [6.45, 7) is 0.721. The van der Waals surface area contributed by atoms with Crippen LogP contribution < -0.4 is 9.47 Å². The Morgan fingerprint density at radius 1 is 1.19 bits per heavy atom. The number of piperidine rings is 1. The fourth-order valence-electron chi connectivity index (χ4n) is 3.67. The molecule has 3 rings (SSSR count). The maximum absolute atomic E-state index is 11.9. The summed E-state index contributed by atoms with van der Waals surface area (Å²) >= 11 is 0. The summed E-state index contributed by atoms with van der Waals surface area (Å²) in [6, 6.07) is 8.80. The molecule has 138 valence electrons. The molecule has 0 amide bonds. The molecule has 2 heterocycles. The fourth-order valence-corrected chi connectivity index (χ4v) is 3.67. The quantitative estimate of drug-likeness (QED) is 0.857. The summed E-state index contributed by atoms with van der Waals surface area (Å²) in [5.41, 5.74) is 1.92. The van der Waals surface area contributed by atoms with Gasteiger partial charge in [0.2, 0.25) is 0 Å². The minimum absolute atomic E-state index is 0.222. The van der Waals surface area contributed by atoms with Crippen molar-refractivity contribution in [3.8, 4) is 11.5 Å². The number of aliphatic carboxylic acids is 1. The number of carboxylic acids is 1. The van der Waals surface area contributed by atoms with E-state index >= 15 is 0 Å². The van der Waals surface area contributed by atoms with Gasteiger partial charge in [-0.05, 0) is 49.2 Å². The Kier molecular flexibility index (Phi) is 5.73. The van der Waals surface area contributed by atoms with Crippen molar-refractivity contribution >= 4 is 5.97 Å². The number of hydrogen-bond acceptors (Lipinski definition) is 5. The maximum atomic E-state index is 11.9. The smallest absolute Gasteiger partial charge is 0.320 e. The Bertz CT molecular complexity index is 751. The molecule has 0 bridgehead atoms. The summed E-state index contributed by atoms with van der Waals surface area (Å²) in [6.07, 6.45) is 6.02. The molecule has 0 saturated carbocycles. The van der Waals surface area contributed by atoms with E-state index < -0.39 is 12.0 Å². The van der Waals surface area contributed by atoms with Gasteiger partial charge in [-0.15, -0.1) is 0 Å². The highest BCUT2D eigenvalue weighted by molar-refractivity contribution is 5.73. The van der Waals surface area contributed by atoms with Gasteiger partial charge in [-0.2, -0.15) is 0 Å². The normalized spacial score (nSPS) is 18.9. The van der Waals surface area contributed by atoms with E-state index in [0.717, 1.165) is 30.5 Å². The number of likely N-dealkylation sites (tertiary alicyclic amines) is 1. The van der Waals surface area contributed by atoms with E-state index in [9.17, 15) is 9.90 Å². The first-order valence-electron chi connectivity index (χ1n) is 8.76. The third-order valence-corrected chi connectivity index (χ3v) is 4.92. The number of nitrogens with zero attached hydrogens (tertiary/aromatic N) is 2. The van der Waals surface area contributed by atoms with Crippen molar-refractivity contribution in [2.75, 3.05) is 20.8 Å². The topological polar surface area (TPSA) is 71.9 Å². The summed E-state index contributed by atoms with van der Waals surface area (Å²) < 4.78 is 10.9. The van der Waals surface area contributed by atoms with Crippen LogP contribution in [0.1, 0.15) is 36.4 Å². The lowest BCUT2D eigenvalue weighted by Crippen LogP contribution is -2.46. The molecule has 0 spiro atoms. The van der Waals surface area contributed by atoms with Crippen molar-refractivity contribution in [2.45, 2.75) is 31.3 Å². The van der Waals surface area contributed by atoms with Crippen molar-refractivity contribution in [3.05, 3.63) is 53.9 Å². The van der Waals surface area contributed by atoms with Crippen LogP contribution in [0.25, 0.3) is 0 Å². The number of rotatable bonds is 6. The SMILES string of the molecule is COc1ccc(C(c2ccncc2)N2CCCCC2C(=O)O)c(OC)c1. The van der Waals surface area contributed by atoms with Crippen LogP contribution in [0.15, 0.2) is 42.7 Å². The molecule has 1 fully saturated rings. The van der Waals surface area contributed by atoms with Crippen LogP contribution in [-0.4, -0.2) is 47.8 Å². The van der Waals surface area contributed by atoms with E-state index in [2.05, 4.69) is 9.88 Å². The number of aromatic nitrogens is 1. The van der Waals surface area contributed by atoms with Gasteiger partial charge in [-0.3, -0.25) is 14.7 Å². The first-order valence-corrected chi connectivity index (χ1v) is 8.76. The summed E-state index contributed by atoms with van der Waals surface area (Å²) in [4.78, 5) is 18.0. The molecule has 0 aliphatic carbocycles. The van der Waals surface area contributed by atoms with Crippen LogP contribution >= 0.6 is 0 Å². The monoisotopic (exact) mass is 356 g/mol. The molecule has 0 radical (unpaired) electrons. The predicted molar refractivity (Wildman–Crippen MR) is 97.6 cm³/mol. The number of methoxy groups -OCH3 is 2. The van der Waals surface area contributed by atoms with Crippen molar-refractivity contribution < 1.29 is 19.4 Å². The molecule has 2 atom stereocenters. The van der Waals surface area contributed by atoms with E-state index in [1.165, 1.54) is 0 Å². The molecular formula is C20H24N2O4. The third-order valence-electron chi connectivity index (χ3n) is 4.92. The van der Waals surface area contributed by atoms with Gasteiger partial charge in [0, 0.05) is 24.0 Å². The van der Waals surface area contributed by atoms with E-state index in [1.807, 2.05) is 30.3 Å². The molecule has 1 aromatic heterocycles. The van der Waals surface area contributed by atoms with Crippen LogP contribution in [0.5, 0.6) is 11.5 Å². The van der Waals surface area contributed by atoms with Crippen LogP contribution in [0, 0.1) is 0 Å². The van der Waals surface area contributed by atoms with Crippen LogP contribution in [0.4, 0.5) is 0 Å². The highest BCUT2D eigenvalue weighted by atomic mass is 16.5. The molecular weight excluding hydrogens is 332 g/mol. The van der Waals surface area contributed by atoms with E-state index in [-0.39, 0.29) is 6.04 Å². The van der Waals surface area contributed by atoms with Gasteiger partial charge in [-0.1, -0.05) is 6.42 Å². The number of carboxylic acid groups (broad SMARTS) is 1. The average molecular weight is 356 g/mol. The van der Waals surface area contributed by atoms with Gasteiger partial charge < -0.3 is 14.6 Å². The van der Waals surface area contributed by atoms with E-state index in [1.54, 1.807) is 26.6 Å². The Balaban J connectivity index is 2.11. The molecule has 1 aromatic carbocycles. The van der Waals surface area contributed by atoms with Crippen LogP contribution in [-0.2, 0) is 4.79 Å². The van der Waals surface area contributed by atoms with Gasteiger partial charge >= 0.3 is 5.97 Å². The third kappa shape index (κ3) is 3.65. The molecule has 1 aliphatic rings. The molecule has 1 saturated heterocycles. The summed E-state index contributed by atoms with van der Waals surface area (Å²) in [5, 5.41) is 9.75. The van der Waals surface area contributed by atoms with Crippen molar-refractivity contribution in [2.24, 2.45) is 0 Å². The molecule has 6 nitrogen and oxygen atoms in total. The number of benzene rings is 1. The largest absolute Gasteiger partial charge is 0.497 e. The minimum atomic E-state index is -0.781. The standard InChI is InChI=1S/C20H24N2O4/c1-25-15-6-7-16(18(13-15)26-2)19(14-8-10-21-11-9-14)22-12-4-3-5-17(22)20(23)24/h6-11,13,17,19H,3-5,12H2,1-2H3,(H,23,24). The van der Waals surface area contributed by atoms with Gasteiger partial charge in [0.15, 0.2) is 0 Å². The highest BCUT2D eigenvalue weighted by Crippen LogP contribution is 2.39. The minimum Gasteiger partial charge on any atom is -0.497 e. The van der Waals surface area contributed by atoms with Crippen molar-refractivity contribution in [1.82, 2.24) is 9.88 Å². The Hall–Kier alpha value is -2.60. The molecule has 2 aromatic rings. The maximum Gasteiger partial charge on any atom is 0.320 e. The number of ether oxygens (including phenoxy) is 2. The zero-order valence-electron chi connectivity index (χ0n) is 15.1.